The van der Waals surface area contributed by atoms with Gasteiger partial charge in [-0.1, -0.05) is 41.4 Å². The molecular weight excluding hydrogens is 257 g/mol. The van der Waals surface area contributed by atoms with Gasteiger partial charge >= 0.3 is 0 Å². The van der Waals surface area contributed by atoms with Crippen molar-refractivity contribution >= 4 is 28.9 Å². The Morgan fingerprint density at radius 3 is 2.59 bits per heavy atom. The topological polar surface area (TPSA) is 35.2 Å². The quantitative estimate of drug-likeness (QED) is 0.826. The summed E-state index contributed by atoms with van der Waals surface area (Å²) in [7, 11) is 1.58. The lowest BCUT2D eigenvalue weighted by molar-refractivity contribution is 0.417. The molecule has 0 aromatic heterocycles. The molecule has 2 N–H and O–H groups in total. The van der Waals surface area contributed by atoms with Crippen LogP contribution >= 0.6 is 23.2 Å². The zero-order valence-corrected chi connectivity index (χ0v) is 10.7. The summed E-state index contributed by atoms with van der Waals surface area (Å²) in [6, 6.07) is 11.0. The number of halogens is 2. The molecule has 0 spiro atoms. The van der Waals surface area contributed by atoms with E-state index in [2.05, 4.69) is 0 Å². The molecule has 0 aliphatic heterocycles. The van der Waals surface area contributed by atoms with Crippen molar-refractivity contribution in [2.75, 3.05) is 12.8 Å². The van der Waals surface area contributed by atoms with Gasteiger partial charge in [0.15, 0.2) is 0 Å². The van der Waals surface area contributed by atoms with Crippen molar-refractivity contribution in [3.63, 3.8) is 0 Å². The van der Waals surface area contributed by atoms with E-state index >= 15 is 0 Å². The first-order valence-corrected chi connectivity index (χ1v) is 5.77. The van der Waals surface area contributed by atoms with Crippen molar-refractivity contribution in [1.82, 2.24) is 0 Å². The summed E-state index contributed by atoms with van der Waals surface area (Å²) in [5, 5.41) is 1.06. The minimum absolute atomic E-state index is 0.528. The van der Waals surface area contributed by atoms with E-state index in [9.17, 15) is 0 Å². The van der Waals surface area contributed by atoms with Crippen LogP contribution < -0.4 is 10.5 Å². The zero-order valence-electron chi connectivity index (χ0n) is 9.21. The highest BCUT2D eigenvalue weighted by molar-refractivity contribution is 6.43. The molecule has 0 unspecified atom stereocenters. The second-order valence-corrected chi connectivity index (χ2v) is 4.34. The van der Waals surface area contributed by atoms with Crippen LogP contribution in [0.4, 0.5) is 5.69 Å². The summed E-state index contributed by atoms with van der Waals surface area (Å²) < 4.78 is 5.18. The van der Waals surface area contributed by atoms with Crippen molar-refractivity contribution in [2.45, 2.75) is 0 Å². The maximum absolute atomic E-state index is 6.16. The first kappa shape index (κ1) is 12.1. The number of benzene rings is 2. The average molecular weight is 268 g/mol. The fraction of sp³-hybridized carbons (Fsp3) is 0.0769. The number of nitrogens with two attached hydrogens (primary N) is 1. The van der Waals surface area contributed by atoms with Crippen molar-refractivity contribution < 1.29 is 4.74 Å². The summed E-state index contributed by atoms with van der Waals surface area (Å²) in [6.45, 7) is 0. The summed E-state index contributed by atoms with van der Waals surface area (Å²) >= 11 is 12.1. The van der Waals surface area contributed by atoms with Crippen LogP contribution in [0.25, 0.3) is 11.1 Å². The maximum Gasteiger partial charge on any atom is 0.142 e. The maximum atomic E-state index is 6.16. The van der Waals surface area contributed by atoms with Gasteiger partial charge in [-0.05, 0) is 23.8 Å². The van der Waals surface area contributed by atoms with Gasteiger partial charge in [-0.15, -0.1) is 0 Å². The predicted molar refractivity (Wildman–Crippen MR) is 72.9 cm³/mol. The molecule has 88 valence electrons. The Bertz CT molecular complexity index is 555. The fourth-order valence-corrected chi connectivity index (χ4v) is 2.02. The number of hydrogen-bond donors (Lipinski definition) is 1. The van der Waals surface area contributed by atoms with Gasteiger partial charge in [0.1, 0.15) is 5.75 Å². The molecular formula is C13H11Cl2NO. The van der Waals surface area contributed by atoms with Gasteiger partial charge in [0.05, 0.1) is 22.8 Å². The van der Waals surface area contributed by atoms with E-state index in [1.54, 1.807) is 19.2 Å². The van der Waals surface area contributed by atoms with Crippen LogP contribution in [0.3, 0.4) is 0 Å². The summed E-state index contributed by atoms with van der Waals surface area (Å²) in [4.78, 5) is 0. The molecule has 4 heteroatoms. The van der Waals surface area contributed by atoms with Crippen molar-refractivity contribution in [3.05, 3.63) is 46.4 Å². The van der Waals surface area contributed by atoms with Crippen molar-refractivity contribution in [1.29, 1.82) is 0 Å². The van der Waals surface area contributed by atoms with E-state index in [1.807, 2.05) is 24.3 Å². The molecule has 0 radical (unpaired) electrons. The number of nitrogen functional groups attached to an aromatic ring is 1. The van der Waals surface area contributed by atoms with Gasteiger partial charge in [-0.25, -0.2) is 0 Å². The Morgan fingerprint density at radius 2 is 1.88 bits per heavy atom. The Hall–Kier alpha value is -1.38. The van der Waals surface area contributed by atoms with Crippen LogP contribution in [0.15, 0.2) is 36.4 Å². The van der Waals surface area contributed by atoms with Gasteiger partial charge < -0.3 is 10.5 Å². The SMILES string of the molecule is COc1cc(-c2cccc(Cl)c2Cl)ccc1N. The Balaban J connectivity index is 2.57. The monoisotopic (exact) mass is 267 g/mol. The van der Waals surface area contributed by atoms with Crippen LogP contribution in [-0.4, -0.2) is 7.11 Å². The number of methoxy groups -OCH3 is 1. The first-order chi connectivity index (χ1) is 8.13. The predicted octanol–water partition coefficient (Wildman–Crippen LogP) is 4.25. The molecule has 2 rings (SSSR count). The average Bonchev–Trinajstić information content (AvgIpc) is 2.34. The standard InChI is InChI=1S/C13H11Cl2NO/c1-17-12-7-8(5-6-11(12)16)9-3-2-4-10(14)13(9)15/h2-7H,16H2,1H3. The first-order valence-electron chi connectivity index (χ1n) is 5.01. The third-order valence-corrected chi connectivity index (χ3v) is 3.31. The molecule has 17 heavy (non-hydrogen) atoms. The van der Waals surface area contributed by atoms with Crippen LogP contribution in [0.1, 0.15) is 0 Å². The second kappa shape index (κ2) is 4.86. The Kier molecular flexibility index (Phi) is 3.46. The fourth-order valence-electron chi connectivity index (χ4n) is 1.61. The van der Waals surface area contributed by atoms with Crippen molar-refractivity contribution in [3.8, 4) is 16.9 Å². The number of rotatable bonds is 2. The van der Waals surface area contributed by atoms with Gasteiger partial charge in [0, 0.05) is 5.56 Å². The molecule has 0 heterocycles. The van der Waals surface area contributed by atoms with E-state index in [-0.39, 0.29) is 0 Å². The van der Waals surface area contributed by atoms with E-state index in [0.717, 1.165) is 11.1 Å². The lowest BCUT2D eigenvalue weighted by Gasteiger charge is -2.09. The largest absolute Gasteiger partial charge is 0.495 e. The Labute approximate surface area is 110 Å². The smallest absolute Gasteiger partial charge is 0.142 e. The lowest BCUT2D eigenvalue weighted by atomic mass is 10.0. The summed E-state index contributed by atoms with van der Waals surface area (Å²) in [5.74, 6) is 0.624. The van der Waals surface area contributed by atoms with E-state index in [0.29, 0.717) is 21.5 Å². The molecule has 0 saturated heterocycles. The third-order valence-electron chi connectivity index (χ3n) is 2.50. The number of hydrogen-bond acceptors (Lipinski definition) is 2. The molecule has 0 saturated carbocycles. The molecule has 0 amide bonds. The van der Waals surface area contributed by atoms with E-state index in [1.165, 1.54) is 0 Å². The van der Waals surface area contributed by atoms with Crippen LogP contribution in [0.5, 0.6) is 5.75 Å². The molecule has 0 bridgehead atoms. The summed E-state index contributed by atoms with van der Waals surface area (Å²) in [6.07, 6.45) is 0. The van der Waals surface area contributed by atoms with Crippen molar-refractivity contribution in [2.24, 2.45) is 0 Å². The molecule has 0 aliphatic carbocycles. The van der Waals surface area contributed by atoms with Gasteiger partial charge in [-0.2, -0.15) is 0 Å². The highest BCUT2D eigenvalue weighted by Gasteiger charge is 2.08. The number of anilines is 1. The van der Waals surface area contributed by atoms with Crippen LogP contribution in [-0.2, 0) is 0 Å². The minimum atomic E-state index is 0.528. The highest BCUT2D eigenvalue weighted by Crippen LogP contribution is 2.36. The second-order valence-electron chi connectivity index (χ2n) is 3.56. The lowest BCUT2D eigenvalue weighted by Crippen LogP contribution is -1.92. The van der Waals surface area contributed by atoms with Crippen LogP contribution in [0, 0.1) is 0 Å². The Morgan fingerprint density at radius 1 is 1.12 bits per heavy atom. The third kappa shape index (κ3) is 2.33. The molecule has 2 nitrogen and oxygen atoms in total. The zero-order chi connectivity index (χ0) is 12.4. The van der Waals surface area contributed by atoms with E-state index in [4.69, 9.17) is 33.7 Å². The van der Waals surface area contributed by atoms with Crippen LogP contribution in [0.2, 0.25) is 10.0 Å². The van der Waals surface area contributed by atoms with E-state index < -0.39 is 0 Å². The normalized spacial score (nSPS) is 10.3. The van der Waals surface area contributed by atoms with Gasteiger partial charge in [0.2, 0.25) is 0 Å². The van der Waals surface area contributed by atoms with Gasteiger partial charge in [0.25, 0.3) is 0 Å². The number of ether oxygens (including phenoxy) is 1. The minimum Gasteiger partial charge on any atom is -0.495 e. The molecule has 2 aromatic carbocycles. The highest BCUT2D eigenvalue weighted by atomic mass is 35.5. The summed E-state index contributed by atoms with van der Waals surface area (Å²) in [5.41, 5.74) is 8.13. The van der Waals surface area contributed by atoms with Gasteiger partial charge in [-0.3, -0.25) is 0 Å². The molecule has 0 atom stereocenters. The molecule has 0 aliphatic rings. The molecule has 0 fully saturated rings. The molecule has 2 aromatic rings.